The Morgan fingerprint density at radius 2 is 1.89 bits per heavy atom. The number of amides is 2. The molecule has 1 aliphatic rings. The fourth-order valence-electron chi connectivity index (χ4n) is 2.45. The van der Waals surface area contributed by atoms with Crippen LogP contribution in [0.3, 0.4) is 0 Å². The molecule has 1 aliphatic carbocycles. The van der Waals surface area contributed by atoms with Gasteiger partial charge in [-0.3, -0.25) is 0 Å². The lowest BCUT2D eigenvalue weighted by Gasteiger charge is -2.21. The maximum Gasteiger partial charge on any atom is 0.314 e. The molecule has 2 N–H and O–H groups in total. The minimum absolute atomic E-state index is 0.0395. The summed E-state index contributed by atoms with van der Waals surface area (Å²) in [7, 11) is 0. The van der Waals surface area contributed by atoms with Gasteiger partial charge in [-0.25, -0.2) is 4.79 Å². The first-order valence-corrected chi connectivity index (χ1v) is 7.42. The summed E-state index contributed by atoms with van der Waals surface area (Å²) >= 11 is 0. The van der Waals surface area contributed by atoms with Crippen LogP contribution in [0.4, 0.5) is 4.79 Å². The first-order chi connectivity index (χ1) is 8.83. The fraction of sp³-hybridized carbons (Fsp3) is 0.929. The topological polar surface area (TPSA) is 50.4 Å². The van der Waals surface area contributed by atoms with E-state index < -0.39 is 0 Å². The zero-order valence-corrected chi connectivity index (χ0v) is 11.7. The summed E-state index contributed by atoms with van der Waals surface area (Å²) in [6, 6.07) is -0.0395. The molecule has 0 aromatic rings. The minimum atomic E-state index is -0.0395. The number of nitrogens with one attached hydrogen (secondary N) is 2. The predicted octanol–water partition coefficient (Wildman–Crippen LogP) is 2.68. The average molecular weight is 256 g/mol. The molecule has 1 fully saturated rings. The van der Waals surface area contributed by atoms with Gasteiger partial charge in [0.25, 0.3) is 0 Å². The van der Waals surface area contributed by atoms with Gasteiger partial charge < -0.3 is 15.4 Å². The monoisotopic (exact) mass is 256 g/mol. The van der Waals surface area contributed by atoms with Gasteiger partial charge in [0.15, 0.2) is 0 Å². The van der Waals surface area contributed by atoms with Crippen molar-refractivity contribution in [2.45, 2.75) is 51.9 Å². The van der Waals surface area contributed by atoms with Crippen LogP contribution < -0.4 is 10.6 Å². The van der Waals surface area contributed by atoms with Crippen molar-refractivity contribution in [1.82, 2.24) is 10.6 Å². The minimum Gasteiger partial charge on any atom is -0.382 e. The molecule has 0 aromatic heterocycles. The van der Waals surface area contributed by atoms with E-state index in [1.165, 1.54) is 32.1 Å². The molecule has 1 rings (SSSR count). The Bertz CT molecular complexity index is 216. The van der Waals surface area contributed by atoms with Crippen LogP contribution in [0, 0.1) is 5.92 Å². The van der Waals surface area contributed by atoms with Crippen LogP contribution in [0.1, 0.15) is 51.9 Å². The number of hydrogen-bond donors (Lipinski definition) is 2. The lowest BCUT2D eigenvalue weighted by Crippen LogP contribution is -2.37. The highest BCUT2D eigenvalue weighted by Crippen LogP contribution is 2.25. The van der Waals surface area contributed by atoms with Gasteiger partial charge in [0.2, 0.25) is 0 Å². The van der Waals surface area contributed by atoms with Crippen LogP contribution in [-0.4, -0.2) is 32.3 Å². The molecule has 0 radical (unpaired) electrons. The number of ether oxygens (including phenoxy) is 1. The highest BCUT2D eigenvalue weighted by molar-refractivity contribution is 5.73. The Kier molecular flexibility index (Phi) is 8.65. The Morgan fingerprint density at radius 1 is 1.17 bits per heavy atom. The number of hydrogen-bond acceptors (Lipinski definition) is 2. The number of rotatable bonds is 8. The van der Waals surface area contributed by atoms with Crippen molar-refractivity contribution in [3.05, 3.63) is 0 Å². The third-order valence-corrected chi connectivity index (χ3v) is 3.52. The number of carbonyl (C=O) groups is 1. The highest BCUT2D eigenvalue weighted by Gasteiger charge is 2.12. The predicted molar refractivity (Wildman–Crippen MR) is 73.7 cm³/mol. The fourth-order valence-corrected chi connectivity index (χ4v) is 2.45. The second-order valence-electron chi connectivity index (χ2n) is 5.03. The van der Waals surface area contributed by atoms with E-state index in [0.717, 1.165) is 38.5 Å². The molecule has 4 nitrogen and oxygen atoms in total. The summed E-state index contributed by atoms with van der Waals surface area (Å²) < 4.78 is 5.20. The van der Waals surface area contributed by atoms with E-state index in [-0.39, 0.29) is 6.03 Å². The molecule has 0 aromatic carbocycles. The zero-order valence-electron chi connectivity index (χ0n) is 11.7. The molecular formula is C14H28N2O2. The van der Waals surface area contributed by atoms with Crippen molar-refractivity contribution in [1.29, 1.82) is 0 Å². The summed E-state index contributed by atoms with van der Waals surface area (Å²) in [6.07, 6.45) is 8.83. The SMILES string of the molecule is CCOCCCNC(=O)NCCC1CCCCC1. The van der Waals surface area contributed by atoms with Crippen molar-refractivity contribution >= 4 is 6.03 Å². The maximum atomic E-state index is 11.5. The van der Waals surface area contributed by atoms with Crippen LogP contribution in [-0.2, 0) is 4.74 Å². The van der Waals surface area contributed by atoms with Crippen LogP contribution in [0.25, 0.3) is 0 Å². The quantitative estimate of drug-likeness (QED) is 0.656. The molecule has 0 unspecified atom stereocenters. The molecule has 0 spiro atoms. The molecule has 0 atom stereocenters. The average Bonchev–Trinajstić information content (AvgIpc) is 2.40. The van der Waals surface area contributed by atoms with Crippen LogP contribution >= 0.6 is 0 Å². The van der Waals surface area contributed by atoms with E-state index in [1.807, 2.05) is 6.92 Å². The standard InChI is InChI=1S/C14H28N2O2/c1-2-18-12-6-10-15-14(17)16-11-9-13-7-4-3-5-8-13/h13H,2-12H2,1H3,(H2,15,16,17). The molecule has 0 saturated heterocycles. The smallest absolute Gasteiger partial charge is 0.314 e. The van der Waals surface area contributed by atoms with E-state index in [9.17, 15) is 4.79 Å². The van der Waals surface area contributed by atoms with Gasteiger partial charge in [0.05, 0.1) is 0 Å². The lowest BCUT2D eigenvalue weighted by molar-refractivity contribution is 0.145. The van der Waals surface area contributed by atoms with Crippen LogP contribution in [0.5, 0.6) is 0 Å². The van der Waals surface area contributed by atoms with E-state index in [0.29, 0.717) is 6.54 Å². The normalized spacial score (nSPS) is 16.5. The van der Waals surface area contributed by atoms with Gasteiger partial charge in [0.1, 0.15) is 0 Å². The molecule has 18 heavy (non-hydrogen) atoms. The van der Waals surface area contributed by atoms with Crippen molar-refractivity contribution in [2.75, 3.05) is 26.3 Å². The van der Waals surface area contributed by atoms with E-state index >= 15 is 0 Å². The summed E-state index contributed by atoms with van der Waals surface area (Å²) in [5, 5.41) is 5.78. The Balaban J connectivity index is 1.89. The summed E-state index contributed by atoms with van der Waals surface area (Å²) in [5.74, 6) is 0.831. The molecule has 2 amide bonds. The van der Waals surface area contributed by atoms with Crippen molar-refractivity contribution in [2.24, 2.45) is 5.92 Å². The number of carbonyl (C=O) groups excluding carboxylic acids is 1. The highest BCUT2D eigenvalue weighted by atomic mass is 16.5. The zero-order chi connectivity index (χ0) is 13.1. The van der Waals surface area contributed by atoms with Crippen molar-refractivity contribution in [3.8, 4) is 0 Å². The second-order valence-corrected chi connectivity index (χ2v) is 5.03. The van der Waals surface area contributed by atoms with Gasteiger partial charge in [0, 0.05) is 26.3 Å². The van der Waals surface area contributed by atoms with Crippen LogP contribution in [0.2, 0.25) is 0 Å². The third-order valence-electron chi connectivity index (χ3n) is 3.52. The summed E-state index contributed by atoms with van der Waals surface area (Å²) in [6.45, 7) is 4.94. The van der Waals surface area contributed by atoms with E-state index in [4.69, 9.17) is 4.74 Å². The molecule has 0 bridgehead atoms. The summed E-state index contributed by atoms with van der Waals surface area (Å²) in [5.41, 5.74) is 0. The first kappa shape index (κ1) is 15.3. The Morgan fingerprint density at radius 3 is 2.61 bits per heavy atom. The first-order valence-electron chi connectivity index (χ1n) is 7.42. The van der Waals surface area contributed by atoms with Crippen molar-refractivity contribution < 1.29 is 9.53 Å². The Labute approximate surface area is 111 Å². The molecule has 0 aliphatic heterocycles. The van der Waals surface area contributed by atoms with Gasteiger partial charge in [-0.05, 0) is 25.7 Å². The Hall–Kier alpha value is -0.770. The lowest BCUT2D eigenvalue weighted by atomic mass is 9.87. The largest absolute Gasteiger partial charge is 0.382 e. The van der Waals surface area contributed by atoms with Crippen LogP contribution in [0.15, 0.2) is 0 Å². The molecular weight excluding hydrogens is 228 g/mol. The maximum absolute atomic E-state index is 11.5. The number of urea groups is 1. The second kappa shape index (κ2) is 10.2. The third kappa shape index (κ3) is 7.54. The molecule has 1 saturated carbocycles. The van der Waals surface area contributed by atoms with E-state index in [2.05, 4.69) is 10.6 Å². The van der Waals surface area contributed by atoms with Gasteiger partial charge >= 0.3 is 6.03 Å². The van der Waals surface area contributed by atoms with Gasteiger partial charge in [-0.2, -0.15) is 0 Å². The molecule has 106 valence electrons. The molecule has 4 heteroatoms. The van der Waals surface area contributed by atoms with Gasteiger partial charge in [-0.1, -0.05) is 32.1 Å². The van der Waals surface area contributed by atoms with E-state index in [1.54, 1.807) is 0 Å². The van der Waals surface area contributed by atoms with Crippen molar-refractivity contribution in [3.63, 3.8) is 0 Å². The van der Waals surface area contributed by atoms with Gasteiger partial charge in [-0.15, -0.1) is 0 Å². The molecule has 0 heterocycles. The summed E-state index contributed by atoms with van der Waals surface area (Å²) in [4.78, 5) is 11.5.